The van der Waals surface area contributed by atoms with Crippen LogP contribution in [0.2, 0.25) is 0 Å². The number of benzene rings is 1. The van der Waals surface area contributed by atoms with E-state index < -0.39 is 30.6 Å². The quantitative estimate of drug-likeness (QED) is 0.567. The number of rotatable bonds is 9. The molecule has 0 aliphatic heterocycles. The summed E-state index contributed by atoms with van der Waals surface area (Å²) in [5.74, 6) is -1.23. The summed E-state index contributed by atoms with van der Waals surface area (Å²) in [6.07, 6.45) is 0.665. The van der Waals surface area contributed by atoms with Crippen molar-refractivity contribution in [3.63, 3.8) is 0 Å². The van der Waals surface area contributed by atoms with Gasteiger partial charge in [-0.3, -0.25) is 19.7 Å². The number of urea groups is 1. The van der Waals surface area contributed by atoms with Crippen LogP contribution >= 0.6 is 0 Å². The molecule has 0 saturated carbocycles. The lowest BCUT2D eigenvalue weighted by Gasteiger charge is -2.17. The van der Waals surface area contributed by atoms with E-state index in [-0.39, 0.29) is 12.3 Å². The Kier molecular flexibility index (Phi) is 9.57. The lowest BCUT2D eigenvalue weighted by Crippen LogP contribution is -2.42. The monoisotopic (exact) mass is 377 g/mol. The maximum atomic E-state index is 12.0. The number of imide groups is 1. The molecule has 4 amide bonds. The van der Waals surface area contributed by atoms with E-state index in [1.54, 1.807) is 24.3 Å². The van der Waals surface area contributed by atoms with Crippen LogP contribution in [0.15, 0.2) is 30.3 Å². The van der Waals surface area contributed by atoms with E-state index >= 15 is 0 Å². The molecule has 0 fully saturated rings. The van der Waals surface area contributed by atoms with Gasteiger partial charge in [-0.05, 0) is 17.9 Å². The van der Waals surface area contributed by atoms with Gasteiger partial charge in [-0.2, -0.15) is 0 Å². The predicted octanol–water partition coefficient (Wildman–Crippen LogP) is 1.67. The van der Waals surface area contributed by atoms with Gasteiger partial charge in [0.15, 0.2) is 6.61 Å². The minimum absolute atomic E-state index is 0.128. The number of amides is 4. The van der Waals surface area contributed by atoms with Crippen LogP contribution in [0.1, 0.15) is 45.2 Å². The Morgan fingerprint density at radius 1 is 1.07 bits per heavy atom. The van der Waals surface area contributed by atoms with Crippen LogP contribution in [0.25, 0.3) is 0 Å². The Balaban J connectivity index is 2.42. The highest BCUT2D eigenvalue weighted by Gasteiger charge is 2.19. The largest absolute Gasteiger partial charge is 0.455 e. The molecule has 148 valence electrons. The Morgan fingerprint density at radius 3 is 2.33 bits per heavy atom. The van der Waals surface area contributed by atoms with Gasteiger partial charge >= 0.3 is 12.0 Å². The van der Waals surface area contributed by atoms with Gasteiger partial charge in [0.2, 0.25) is 5.91 Å². The molecule has 0 aromatic heterocycles. The van der Waals surface area contributed by atoms with E-state index in [9.17, 15) is 19.2 Å². The summed E-state index contributed by atoms with van der Waals surface area (Å²) in [7, 11) is 0. The van der Waals surface area contributed by atoms with Gasteiger partial charge in [-0.25, -0.2) is 4.79 Å². The molecule has 0 aliphatic carbocycles. The average Bonchev–Trinajstić information content (AvgIpc) is 2.59. The third-order valence-corrected chi connectivity index (χ3v) is 3.57. The Morgan fingerprint density at radius 2 is 1.74 bits per heavy atom. The number of hydrogen-bond donors (Lipinski definition) is 3. The third-order valence-electron chi connectivity index (χ3n) is 3.57. The van der Waals surface area contributed by atoms with Crippen molar-refractivity contribution >= 4 is 23.8 Å². The molecule has 1 aromatic carbocycles. The average molecular weight is 377 g/mol. The van der Waals surface area contributed by atoms with Crippen LogP contribution in [0.4, 0.5) is 4.79 Å². The Bertz CT molecular complexity index is 646. The zero-order valence-electron chi connectivity index (χ0n) is 15.9. The first-order chi connectivity index (χ1) is 12.8. The van der Waals surface area contributed by atoms with Crippen molar-refractivity contribution in [1.82, 2.24) is 16.0 Å². The first kappa shape index (κ1) is 22.1. The van der Waals surface area contributed by atoms with Crippen molar-refractivity contribution in [2.45, 2.75) is 39.7 Å². The maximum Gasteiger partial charge on any atom is 0.321 e. The van der Waals surface area contributed by atoms with Crippen molar-refractivity contribution < 1.29 is 23.9 Å². The Labute approximate surface area is 159 Å². The van der Waals surface area contributed by atoms with Crippen molar-refractivity contribution in [2.24, 2.45) is 5.92 Å². The fraction of sp³-hybridized carbons (Fsp3) is 0.474. The number of esters is 1. The molecule has 1 aromatic rings. The smallest absolute Gasteiger partial charge is 0.321 e. The number of carbonyl (C=O) groups is 4. The topological polar surface area (TPSA) is 114 Å². The lowest BCUT2D eigenvalue weighted by molar-refractivity contribution is -0.148. The normalized spacial score (nSPS) is 11.4. The number of carbonyl (C=O) groups excluding carboxylic acids is 4. The molecule has 1 rings (SSSR count). The number of nitrogens with one attached hydrogen (secondary N) is 3. The molecular formula is C19H27N3O5. The maximum absolute atomic E-state index is 12.0. The molecule has 0 bridgehead atoms. The number of ether oxygens (including phenoxy) is 1. The first-order valence-electron chi connectivity index (χ1n) is 8.83. The SMILES string of the molecule is CC(=O)NC(CC(=O)OCC(=O)NC(=O)NCCC(C)C)c1ccccc1. The summed E-state index contributed by atoms with van der Waals surface area (Å²) < 4.78 is 4.90. The predicted molar refractivity (Wildman–Crippen MR) is 99.6 cm³/mol. The molecule has 0 spiro atoms. The second kappa shape index (κ2) is 11.7. The van der Waals surface area contributed by atoms with Crippen LogP contribution in [0, 0.1) is 5.92 Å². The summed E-state index contributed by atoms with van der Waals surface area (Å²) >= 11 is 0. The molecular weight excluding hydrogens is 350 g/mol. The van der Waals surface area contributed by atoms with E-state index in [2.05, 4.69) is 16.0 Å². The zero-order valence-corrected chi connectivity index (χ0v) is 15.9. The molecule has 3 N–H and O–H groups in total. The third kappa shape index (κ3) is 9.98. The van der Waals surface area contributed by atoms with Crippen molar-refractivity contribution in [1.29, 1.82) is 0 Å². The molecule has 0 heterocycles. The van der Waals surface area contributed by atoms with E-state index in [4.69, 9.17) is 4.74 Å². The van der Waals surface area contributed by atoms with Crippen LogP contribution in [-0.4, -0.2) is 37.0 Å². The van der Waals surface area contributed by atoms with Gasteiger partial charge in [0.25, 0.3) is 5.91 Å². The molecule has 1 unspecified atom stereocenters. The summed E-state index contributed by atoms with van der Waals surface area (Å²) in [5.41, 5.74) is 0.749. The highest BCUT2D eigenvalue weighted by Crippen LogP contribution is 2.17. The first-order valence-corrected chi connectivity index (χ1v) is 8.83. The summed E-state index contributed by atoms with van der Waals surface area (Å²) in [4.78, 5) is 46.5. The summed E-state index contributed by atoms with van der Waals surface area (Å²) in [5, 5.41) is 7.31. The minimum atomic E-state index is -0.721. The standard InChI is InChI=1S/C19H27N3O5/c1-13(2)9-10-20-19(26)22-17(24)12-27-18(25)11-16(21-14(3)23)15-7-5-4-6-8-15/h4-8,13,16H,9-12H2,1-3H3,(H,21,23)(H2,20,22,24,26). The van der Waals surface area contributed by atoms with Crippen LogP contribution in [0.5, 0.6) is 0 Å². The van der Waals surface area contributed by atoms with Crippen LogP contribution in [-0.2, 0) is 19.1 Å². The van der Waals surface area contributed by atoms with E-state index in [1.165, 1.54) is 6.92 Å². The molecule has 0 radical (unpaired) electrons. The molecule has 27 heavy (non-hydrogen) atoms. The fourth-order valence-electron chi connectivity index (χ4n) is 2.24. The fourth-order valence-corrected chi connectivity index (χ4v) is 2.24. The van der Waals surface area contributed by atoms with E-state index in [1.807, 2.05) is 19.9 Å². The van der Waals surface area contributed by atoms with Gasteiger partial charge in [0.05, 0.1) is 12.5 Å². The molecule has 1 atom stereocenters. The van der Waals surface area contributed by atoms with E-state index in [0.717, 1.165) is 12.0 Å². The molecule has 8 heteroatoms. The number of hydrogen-bond acceptors (Lipinski definition) is 5. The summed E-state index contributed by atoms with van der Waals surface area (Å²) in [6, 6.07) is 7.78. The minimum Gasteiger partial charge on any atom is -0.455 e. The zero-order chi connectivity index (χ0) is 20.2. The highest BCUT2D eigenvalue weighted by molar-refractivity contribution is 5.95. The van der Waals surface area contributed by atoms with E-state index in [0.29, 0.717) is 12.5 Å². The van der Waals surface area contributed by atoms with Crippen molar-refractivity contribution in [3.05, 3.63) is 35.9 Å². The highest BCUT2D eigenvalue weighted by atomic mass is 16.5. The molecule has 0 saturated heterocycles. The summed E-state index contributed by atoms with van der Waals surface area (Å²) in [6.45, 7) is 5.28. The van der Waals surface area contributed by atoms with Gasteiger partial charge in [0.1, 0.15) is 0 Å². The van der Waals surface area contributed by atoms with Crippen molar-refractivity contribution in [3.8, 4) is 0 Å². The lowest BCUT2D eigenvalue weighted by atomic mass is 10.0. The second-order valence-corrected chi connectivity index (χ2v) is 6.52. The van der Waals surface area contributed by atoms with Crippen LogP contribution in [0.3, 0.4) is 0 Å². The van der Waals surface area contributed by atoms with Gasteiger partial charge < -0.3 is 15.4 Å². The van der Waals surface area contributed by atoms with Gasteiger partial charge in [-0.15, -0.1) is 0 Å². The van der Waals surface area contributed by atoms with Gasteiger partial charge in [0, 0.05) is 13.5 Å². The second-order valence-electron chi connectivity index (χ2n) is 6.52. The molecule has 0 aliphatic rings. The van der Waals surface area contributed by atoms with Crippen molar-refractivity contribution in [2.75, 3.05) is 13.2 Å². The molecule has 8 nitrogen and oxygen atoms in total. The van der Waals surface area contributed by atoms with Crippen LogP contribution < -0.4 is 16.0 Å². The van der Waals surface area contributed by atoms with Gasteiger partial charge in [-0.1, -0.05) is 44.2 Å². The Hall–Kier alpha value is -2.90.